The average Bonchev–Trinajstić information content (AvgIpc) is 2.78. The second kappa shape index (κ2) is 4.94. The minimum absolute atomic E-state index is 0.936. The van der Waals surface area contributed by atoms with Crippen molar-refractivity contribution in [3.8, 4) is 0 Å². The zero-order chi connectivity index (χ0) is 10.7. The number of hydrogen-bond acceptors (Lipinski definition) is 2. The summed E-state index contributed by atoms with van der Waals surface area (Å²) in [5.74, 6) is 1.18. The highest BCUT2D eigenvalue weighted by molar-refractivity contribution is 9.10. The van der Waals surface area contributed by atoms with Crippen LogP contribution in [-0.2, 0) is 13.0 Å². The fourth-order valence-corrected chi connectivity index (χ4v) is 2.99. The highest BCUT2D eigenvalue weighted by Crippen LogP contribution is 2.21. The van der Waals surface area contributed by atoms with Gasteiger partial charge in [0.15, 0.2) is 0 Å². The van der Waals surface area contributed by atoms with Crippen molar-refractivity contribution in [2.45, 2.75) is 26.3 Å². The van der Waals surface area contributed by atoms with Crippen LogP contribution in [0.15, 0.2) is 28.3 Å². The van der Waals surface area contributed by atoms with Crippen LogP contribution >= 0.6 is 27.3 Å². The lowest BCUT2D eigenvalue weighted by atomic mass is 10.3. The molecule has 0 aliphatic rings. The van der Waals surface area contributed by atoms with Crippen LogP contribution in [0.3, 0.4) is 0 Å². The van der Waals surface area contributed by atoms with Gasteiger partial charge in [0.1, 0.15) is 5.82 Å². The van der Waals surface area contributed by atoms with Gasteiger partial charge in [0.05, 0.1) is 6.54 Å². The van der Waals surface area contributed by atoms with Gasteiger partial charge < -0.3 is 4.57 Å². The molecule has 0 aromatic carbocycles. The van der Waals surface area contributed by atoms with Gasteiger partial charge in [0.25, 0.3) is 0 Å². The van der Waals surface area contributed by atoms with Gasteiger partial charge >= 0.3 is 0 Å². The quantitative estimate of drug-likeness (QED) is 0.837. The third kappa shape index (κ3) is 2.69. The first-order chi connectivity index (χ1) is 7.29. The molecule has 80 valence electrons. The van der Waals surface area contributed by atoms with Gasteiger partial charge in [-0.3, -0.25) is 0 Å². The highest BCUT2D eigenvalue weighted by Gasteiger charge is 2.03. The summed E-state index contributed by atoms with van der Waals surface area (Å²) >= 11 is 5.25. The first-order valence-electron chi connectivity index (χ1n) is 5.02. The molecule has 0 N–H and O–H groups in total. The van der Waals surface area contributed by atoms with Gasteiger partial charge in [0, 0.05) is 33.5 Å². The van der Waals surface area contributed by atoms with Crippen molar-refractivity contribution in [3.05, 3.63) is 39.0 Å². The van der Waals surface area contributed by atoms with E-state index in [0.29, 0.717) is 0 Å². The summed E-state index contributed by atoms with van der Waals surface area (Å²) in [6, 6.07) is 2.17. The number of nitrogens with zero attached hydrogens (tertiary/aromatic N) is 2. The molecule has 0 atom stereocenters. The Morgan fingerprint density at radius 3 is 3.07 bits per heavy atom. The summed E-state index contributed by atoms with van der Waals surface area (Å²) in [5, 5.41) is 2.12. The van der Waals surface area contributed by atoms with E-state index in [9.17, 15) is 0 Å². The number of aromatic nitrogens is 2. The van der Waals surface area contributed by atoms with Crippen LogP contribution in [0.25, 0.3) is 0 Å². The number of thiophene rings is 1. The van der Waals surface area contributed by atoms with Gasteiger partial charge in [0.2, 0.25) is 0 Å². The molecule has 0 bridgehead atoms. The Hall–Kier alpha value is -0.610. The third-order valence-electron chi connectivity index (χ3n) is 2.22. The minimum atomic E-state index is 0.936. The van der Waals surface area contributed by atoms with Crippen LogP contribution in [0, 0.1) is 0 Å². The SMILES string of the molecule is CCCc1nccn1Cc1cc(Br)cs1. The van der Waals surface area contributed by atoms with Crippen molar-refractivity contribution in [2.24, 2.45) is 0 Å². The molecule has 0 radical (unpaired) electrons. The lowest BCUT2D eigenvalue weighted by molar-refractivity contribution is 0.711. The largest absolute Gasteiger partial charge is 0.330 e. The summed E-state index contributed by atoms with van der Waals surface area (Å²) in [6.07, 6.45) is 6.14. The van der Waals surface area contributed by atoms with E-state index < -0.39 is 0 Å². The van der Waals surface area contributed by atoms with Gasteiger partial charge in [-0.2, -0.15) is 0 Å². The van der Waals surface area contributed by atoms with Gasteiger partial charge in [-0.25, -0.2) is 4.98 Å². The van der Waals surface area contributed by atoms with Crippen LogP contribution in [0.2, 0.25) is 0 Å². The third-order valence-corrected chi connectivity index (χ3v) is 3.91. The molecule has 2 aromatic heterocycles. The van der Waals surface area contributed by atoms with E-state index in [4.69, 9.17) is 0 Å². The molecule has 2 rings (SSSR count). The summed E-state index contributed by atoms with van der Waals surface area (Å²) in [6.45, 7) is 3.12. The molecule has 0 amide bonds. The zero-order valence-electron chi connectivity index (χ0n) is 8.61. The molecule has 4 heteroatoms. The fourth-order valence-electron chi connectivity index (χ4n) is 1.54. The minimum Gasteiger partial charge on any atom is -0.330 e. The van der Waals surface area contributed by atoms with E-state index in [0.717, 1.165) is 19.4 Å². The van der Waals surface area contributed by atoms with Crippen LogP contribution < -0.4 is 0 Å². The Kier molecular flexibility index (Phi) is 3.59. The first kappa shape index (κ1) is 10.9. The van der Waals surface area contributed by atoms with Crippen molar-refractivity contribution >= 4 is 27.3 Å². The molecule has 2 nitrogen and oxygen atoms in total. The van der Waals surface area contributed by atoms with Crippen molar-refractivity contribution in [1.82, 2.24) is 9.55 Å². The number of rotatable bonds is 4. The molecular weight excluding hydrogens is 272 g/mol. The number of halogens is 1. The Morgan fingerprint density at radius 2 is 2.40 bits per heavy atom. The van der Waals surface area contributed by atoms with E-state index in [2.05, 4.69) is 50.0 Å². The van der Waals surface area contributed by atoms with E-state index in [1.807, 2.05) is 6.20 Å². The molecular formula is C11H13BrN2S. The Balaban J connectivity index is 2.13. The van der Waals surface area contributed by atoms with Crippen LogP contribution in [0.1, 0.15) is 24.0 Å². The second-order valence-electron chi connectivity index (χ2n) is 3.45. The first-order valence-corrected chi connectivity index (χ1v) is 6.69. The fraction of sp³-hybridized carbons (Fsp3) is 0.364. The van der Waals surface area contributed by atoms with Crippen molar-refractivity contribution < 1.29 is 0 Å². The molecule has 0 spiro atoms. The summed E-state index contributed by atoms with van der Waals surface area (Å²) in [4.78, 5) is 5.72. The maximum atomic E-state index is 4.36. The Morgan fingerprint density at radius 1 is 1.53 bits per heavy atom. The predicted molar refractivity (Wildman–Crippen MR) is 67.3 cm³/mol. The van der Waals surface area contributed by atoms with Crippen LogP contribution in [-0.4, -0.2) is 9.55 Å². The van der Waals surface area contributed by atoms with E-state index in [1.54, 1.807) is 11.3 Å². The van der Waals surface area contributed by atoms with Gasteiger partial charge in [-0.05, 0) is 28.4 Å². The van der Waals surface area contributed by atoms with Crippen LogP contribution in [0.4, 0.5) is 0 Å². The Labute approximate surface area is 102 Å². The molecule has 0 saturated heterocycles. The molecule has 0 saturated carbocycles. The molecule has 0 aliphatic carbocycles. The lowest BCUT2D eigenvalue weighted by Crippen LogP contribution is -2.02. The van der Waals surface area contributed by atoms with Gasteiger partial charge in [-0.15, -0.1) is 11.3 Å². The van der Waals surface area contributed by atoms with Gasteiger partial charge in [-0.1, -0.05) is 6.92 Å². The maximum Gasteiger partial charge on any atom is 0.108 e. The summed E-state index contributed by atoms with van der Waals surface area (Å²) in [7, 11) is 0. The smallest absolute Gasteiger partial charge is 0.108 e. The van der Waals surface area contributed by atoms with Crippen molar-refractivity contribution in [3.63, 3.8) is 0 Å². The van der Waals surface area contributed by atoms with Crippen molar-refractivity contribution in [1.29, 1.82) is 0 Å². The summed E-state index contributed by atoms with van der Waals surface area (Å²) in [5.41, 5.74) is 0. The van der Waals surface area contributed by atoms with E-state index >= 15 is 0 Å². The molecule has 2 aromatic rings. The lowest BCUT2D eigenvalue weighted by Gasteiger charge is -2.04. The van der Waals surface area contributed by atoms with E-state index in [-0.39, 0.29) is 0 Å². The standard InChI is InChI=1S/C11H13BrN2S/c1-2-3-11-13-4-5-14(11)7-10-6-9(12)8-15-10/h4-6,8H,2-3,7H2,1H3. The molecule has 15 heavy (non-hydrogen) atoms. The summed E-state index contributed by atoms with van der Waals surface area (Å²) < 4.78 is 3.39. The van der Waals surface area contributed by atoms with Crippen molar-refractivity contribution in [2.75, 3.05) is 0 Å². The number of aryl methyl sites for hydroxylation is 1. The maximum absolute atomic E-state index is 4.36. The number of imidazole rings is 1. The zero-order valence-corrected chi connectivity index (χ0v) is 11.0. The molecule has 0 unspecified atom stereocenters. The molecule has 2 heterocycles. The monoisotopic (exact) mass is 284 g/mol. The second-order valence-corrected chi connectivity index (χ2v) is 5.36. The van der Waals surface area contributed by atoms with E-state index in [1.165, 1.54) is 15.2 Å². The Bertz CT molecular complexity index is 433. The topological polar surface area (TPSA) is 17.8 Å². The number of hydrogen-bond donors (Lipinski definition) is 0. The molecule has 0 fully saturated rings. The van der Waals surface area contributed by atoms with Crippen LogP contribution in [0.5, 0.6) is 0 Å². The molecule has 0 aliphatic heterocycles. The predicted octanol–water partition coefficient (Wildman–Crippen LogP) is 3.71. The average molecular weight is 285 g/mol. The normalized spacial score (nSPS) is 10.8. The highest BCUT2D eigenvalue weighted by atomic mass is 79.9.